The van der Waals surface area contributed by atoms with Crippen molar-refractivity contribution in [2.24, 2.45) is 11.3 Å². The number of amides is 5. The van der Waals surface area contributed by atoms with Gasteiger partial charge in [-0.1, -0.05) is 101 Å². The van der Waals surface area contributed by atoms with Crippen molar-refractivity contribution in [2.45, 2.75) is 97.5 Å². The molecule has 2 heterocycles. The second kappa shape index (κ2) is 19.9. The molecule has 12 nitrogen and oxygen atoms in total. The lowest BCUT2D eigenvalue weighted by molar-refractivity contribution is -0.128. The fourth-order valence-electron chi connectivity index (χ4n) is 6.87. The minimum atomic E-state index is -1.03. The van der Waals surface area contributed by atoms with Gasteiger partial charge in [-0.3, -0.25) is 14.6 Å². The number of urea groups is 1. The van der Waals surface area contributed by atoms with Crippen LogP contribution in [0.2, 0.25) is 0 Å². The van der Waals surface area contributed by atoms with Crippen LogP contribution in [0.5, 0.6) is 0 Å². The van der Waals surface area contributed by atoms with Gasteiger partial charge in [0.05, 0.1) is 19.3 Å². The SMILES string of the molecule is CCC(C)C(C(=O)NC(Cc1ccccc1)CC(O)C(Cc1ccccc1)NC(=O)CC(C)(C)CNC(=O)OC)N1CCN(Cc2ccc(C)nc2)C1=O. The van der Waals surface area contributed by atoms with E-state index in [4.69, 9.17) is 0 Å². The first-order chi connectivity index (χ1) is 25.8. The number of aliphatic hydroxyl groups is 1. The van der Waals surface area contributed by atoms with Gasteiger partial charge in [-0.05, 0) is 60.3 Å². The summed E-state index contributed by atoms with van der Waals surface area (Å²) in [5.41, 5.74) is 3.16. The van der Waals surface area contributed by atoms with Gasteiger partial charge in [0.2, 0.25) is 11.8 Å². The summed E-state index contributed by atoms with van der Waals surface area (Å²) in [7, 11) is 1.29. The number of rotatable bonds is 19. The van der Waals surface area contributed by atoms with E-state index in [-0.39, 0.29) is 43.1 Å². The second-order valence-electron chi connectivity index (χ2n) is 15.3. The van der Waals surface area contributed by atoms with Crippen LogP contribution in [0, 0.1) is 18.3 Å². The van der Waals surface area contributed by atoms with Crippen molar-refractivity contribution >= 4 is 23.9 Å². The molecule has 4 rings (SSSR count). The van der Waals surface area contributed by atoms with Crippen LogP contribution in [0.1, 0.15) is 69.3 Å². The van der Waals surface area contributed by atoms with E-state index in [0.29, 0.717) is 38.9 Å². The molecule has 5 atom stereocenters. The van der Waals surface area contributed by atoms with Crippen molar-refractivity contribution in [1.29, 1.82) is 0 Å². The van der Waals surface area contributed by atoms with Gasteiger partial charge in [-0.2, -0.15) is 0 Å². The zero-order valence-corrected chi connectivity index (χ0v) is 32.6. The fourth-order valence-corrected chi connectivity index (χ4v) is 6.87. The third-order valence-electron chi connectivity index (χ3n) is 10.1. The Labute approximate surface area is 320 Å². The van der Waals surface area contributed by atoms with E-state index in [2.05, 4.69) is 25.7 Å². The molecule has 4 N–H and O–H groups in total. The van der Waals surface area contributed by atoms with Gasteiger partial charge in [-0.25, -0.2) is 9.59 Å². The number of benzene rings is 2. The van der Waals surface area contributed by atoms with Crippen molar-refractivity contribution < 1.29 is 29.0 Å². The van der Waals surface area contributed by atoms with Gasteiger partial charge in [0.15, 0.2) is 0 Å². The number of hydrogen-bond donors (Lipinski definition) is 4. The van der Waals surface area contributed by atoms with Crippen molar-refractivity contribution in [1.82, 2.24) is 30.7 Å². The summed E-state index contributed by atoms with van der Waals surface area (Å²) in [5.74, 6) is -0.668. The topological polar surface area (TPSA) is 153 Å². The van der Waals surface area contributed by atoms with Gasteiger partial charge in [0.25, 0.3) is 0 Å². The maximum atomic E-state index is 14.4. The largest absolute Gasteiger partial charge is 0.453 e. The van der Waals surface area contributed by atoms with Gasteiger partial charge >= 0.3 is 12.1 Å². The van der Waals surface area contributed by atoms with Gasteiger partial charge in [0, 0.05) is 50.5 Å². The lowest BCUT2D eigenvalue weighted by atomic mass is 9.88. The highest BCUT2D eigenvalue weighted by Crippen LogP contribution is 2.24. The third-order valence-corrected chi connectivity index (χ3v) is 10.1. The van der Waals surface area contributed by atoms with Gasteiger partial charge in [0.1, 0.15) is 6.04 Å². The Morgan fingerprint density at radius 3 is 2.17 bits per heavy atom. The summed E-state index contributed by atoms with van der Waals surface area (Å²) in [5, 5.41) is 20.9. The van der Waals surface area contributed by atoms with Crippen molar-refractivity contribution in [3.8, 4) is 0 Å². The lowest BCUT2D eigenvalue weighted by Gasteiger charge is -2.34. The van der Waals surface area contributed by atoms with Crippen LogP contribution in [0.4, 0.5) is 9.59 Å². The average Bonchev–Trinajstić information content (AvgIpc) is 3.50. The molecule has 292 valence electrons. The molecule has 3 aromatic rings. The summed E-state index contributed by atoms with van der Waals surface area (Å²) in [6.07, 6.45) is 1.91. The quantitative estimate of drug-likeness (QED) is 0.135. The van der Waals surface area contributed by atoms with E-state index < -0.39 is 35.7 Å². The number of methoxy groups -OCH3 is 1. The minimum Gasteiger partial charge on any atom is -0.453 e. The molecule has 2 aromatic carbocycles. The smallest absolute Gasteiger partial charge is 0.406 e. The summed E-state index contributed by atoms with van der Waals surface area (Å²) >= 11 is 0. The van der Waals surface area contributed by atoms with Crippen LogP contribution in [-0.4, -0.2) is 94.8 Å². The summed E-state index contributed by atoms with van der Waals surface area (Å²) < 4.78 is 4.68. The first-order valence-electron chi connectivity index (χ1n) is 18.9. The molecule has 0 saturated carbocycles. The molecule has 0 spiro atoms. The maximum absolute atomic E-state index is 14.4. The zero-order chi connectivity index (χ0) is 39.3. The number of pyridine rings is 1. The molecule has 1 saturated heterocycles. The number of aromatic nitrogens is 1. The van der Waals surface area contributed by atoms with E-state index in [9.17, 15) is 24.3 Å². The molecule has 1 aromatic heterocycles. The van der Waals surface area contributed by atoms with Crippen LogP contribution >= 0.6 is 0 Å². The Bertz CT molecular complexity index is 1650. The summed E-state index contributed by atoms with van der Waals surface area (Å²) in [6.45, 7) is 11.2. The van der Waals surface area contributed by atoms with Crippen LogP contribution in [0.3, 0.4) is 0 Å². The fraction of sp³-hybridized carbons (Fsp3) is 0.500. The molecule has 1 aliphatic heterocycles. The number of alkyl carbamates (subject to hydrolysis) is 1. The monoisotopic (exact) mass is 742 g/mol. The predicted molar refractivity (Wildman–Crippen MR) is 208 cm³/mol. The van der Waals surface area contributed by atoms with Crippen LogP contribution in [-0.2, 0) is 33.7 Å². The Hall–Kier alpha value is -4.97. The Morgan fingerprint density at radius 1 is 0.926 bits per heavy atom. The van der Waals surface area contributed by atoms with Crippen molar-refractivity contribution in [2.75, 3.05) is 26.7 Å². The number of nitrogens with zero attached hydrogens (tertiary/aromatic N) is 3. The van der Waals surface area contributed by atoms with Crippen molar-refractivity contribution in [3.63, 3.8) is 0 Å². The van der Waals surface area contributed by atoms with E-state index in [1.54, 1.807) is 16.0 Å². The number of carbonyl (C=O) groups is 4. The number of aryl methyl sites for hydroxylation is 1. The number of ether oxygens (including phenoxy) is 1. The Kier molecular flexibility index (Phi) is 15.4. The number of aliphatic hydroxyl groups excluding tert-OH is 1. The lowest BCUT2D eigenvalue weighted by Crippen LogP contribution is -2.55. The molecule has 5 amide bonds. The van der Waals surface area contributed by atoms with Crippen LogP contribution in [0.25, 0.3) is 0 Å². The molecular weight excluding hydrogens is 684 g/mol. The van der Waals surface area contributed by atoms with Crippen LogP contribution < -0.4 is 16.0 Å². The third kappa shape index (κ3) is 12.6. The van der Waals surface area contributed by atoms with Crippen molar-refractivity contribution in [3.05, 3.63) is 101 Å². The molecule has 1 aliphatic rings. The highest BCUT2D eigenvalue weighted by molar-refractivity contribution is 5.88. The molecular formula is C42H58N6O6. The number of nitrogens with one attached hydrogen (secondary N) is 3. The van der Waals surface area contributed by atoms with Gasteiger partial charge in [-0.15, -0.1) is 0 Å². The van der Waals surface area contributed by atoms with E-state index in [1.807, 2.05) is 107 Å². The van der Waals surface area contributed by atoms with E-state index >= 15 is 0 Å². The highest BCUT2D eigenvalue weighted by atomic mass is 16.5. The number of hydrogen-bond acceptors (Lipinski definition) is 7. The first-order valence-corrected chi connectivity index (χ1v) is 18.9. The molecule has 12 heteroatoms. The number of carbonyl (C=O) groups excluding carboxylic acids is 4. The minimum absolute atomic E-state index is 0.0943. The van der Waals surface area contributed by atoms with Gasteiger partial charge < -0.3 is 35.6 Å². The second-order valence-corrected chi connectivity index (χ2v) is 15.3. The zero-order valence-electron chi connectivity index (χ0n) is 32.6. The Morgan fingerprint density at radius 2 is 1.57 bits per heavy atom. The molecule has 0 bridgehead atoms. The normalized spacial score (nSPS) is 15.9. The van der Waals surface area contributed by atoms with E-state index in [1.165, 1.54) is 7.11 Å². The first kappa shape index (κ1) is 41.8. The summed E-state index contributed by atoms with van der Waals surface area (Å²) in [6, 6.07) is 21.2. The molecule has 1 fully saturated rings. The average molecular weight is 743 g/mol. The highest BCUT2D eigenvalue weighted by Gasteiger charge is 2.40. The summed E-state index contributed by atoms with van der Waals surface area (Å²) in [4.78, 5) is 61.1. The molecule has 0 aliphatic carbocycles. The maximum Gasteiger partial charge on any atom is 0.406 e. The Balaban J connectivity index is 1.53. The molecule has 0 radical (unpaired) electrons. The molecule has 5 unspecified atom stereocenters. The molecule has 54 heavy (non-hydrogen) atoms. The standard InChI is InChI=1S/C42H58N6O6/c1-7-29(2)38(48-21-20-47(41(48)53)27-33-19-18-30(3)43-26-33)39(51)45-34(22-31-14-10-8-11-15-31)24-36(49)35(23-32-16-12-9-13-17-32)46-37(50)25-42(4,5)28-44-40(52)54-6/h8-19,26,29,34-36,38,49H,7,20-25,27-28H2,1-6H3,(H,44,52)(H,45,51)(H,46,50). The van der Waals surface area contributed by atoms with Crippen LogP contribution in [0.15, 0.2) is 79.0 Å². The van der Waals surface area contributed by atoms with E-state index in [0.717, 1.165) is 22.4 Å². The predicted octanol–water partition coefficient (Wildman–Crippen LogP) is 5.02.